The standard InChI is InChI=1S/C15H19N3O3S/c1-18(2)22(19,20)13-9-7-11(8-10-13)14-16-15(21-17-14)12-5-3-4-6-12/h7-10,12H,3-6H2,1-2H3. The molecule has 1 fully saturated rings. The summed E-state index contributed by atoms with van der Waals surface area (Å²) < 4.78 is 30.6. The minimum absolute atomic E-state index is 0.251. The highest BCUT2D eigenvalue weighted by atomic mass is 32.2. The van der Waals surface area contributed by atoms with Gasteiger partial charge in [0, 0.05) is 25.6 Å². The highest BCUT2D eigenvalue weighted by Gasteiger charge is 2.23. The van der Waals surface area contributed by atoms with Crippen LogP contribution in [-0.4, -0.2) is 37.0 Å². The van der Waals surface area contributed by atoms with Gasteiger partial charge in [-0.2, -0.15) is 4.98 Å². The fourth-order valence-electron chi connectivity index (χ4n) is 2.68. The van der Waals surface area contributed by atoms with Crippen LogP contribution in [0.4, 0.5) is 0 Å². The van der Waals surface area contributed by atoms with Crippen LogP contribution in [0.1, 0.15) is 37.5 Å². The van der Waals surface area contributed by atoms with Crippen LogP contribution < -0.4 is 0 Å². The molecule has 0 amide bonds. The Morgan fingerprint density at radius 3 is 2.36 bits per heavy atom. The molecule has 0 radical (unpaired) electrons. The minimum Gasteiger partial charge on any atom is -0.339 e. The summed E-state index contributed by atoms with van der Waals surface area (Å²) in [5.41, 5.74) is 0.755. The van der Waals surface area contributed by atoms with Crippen LogP contribution in [0.2, 0.25) is 0 Å². The predicted octanol–water partition coefficient (Wildman–Crippen LogP) is 2.64. The van der Waals surface area contributed by atoms with E-state index in [1.807, 2.05) is 0 Å². The second-order valence-electron chi connectivity index (χ2n) is 5.75. The first-order valence-electron chi connectivity index (χ1n) is 7.35. The molecule has 3 rings (SSSR count). The first-order valence-corrected chi connectivity index (χ1v) is 8.79. The Hall–Kier alpha value is -1.73. The van der Waals surface area contributed by atoms with Crippen molar-refractivity contribution in [1.82, 2.24) is 14.4 Å². The first kappa shape index (κ1) is 15.2. The maximum atomic E-state index is 12.0. The third kappa shape index (κ3) is 2.78. The monoisotopic (exact) mass is 321 g/mol. The molecule has 1 aliphatic carbocycles. The van der Waals surface area contributed by atoms with Crippen LogP contribution in [0.3, 0.4) is 0 Å². The molecule has 6 nitrogen and oxygen atoms in total. The van der Waals surface area contributed by atoms with Gasteiger partial charge in [0.2, 0.25) is 21.7 Å². The van der Waals surface area contributed by atoms with E-state index in [0.29, 0.717) is 17.6 Å². The smallest absolute Gasteiger partial charge is 0.242 e. The summed E-state index contributed by atoms with van der Waals surface area (Å²) in [4.78, 5) is 4.70. The van der Waals surface area contributed by atoms with Crippen LogP contribution in [0.5, 0.6) is 0 Å². The number of benzene rings is 1. The average Bonchev–Trinajstić information content (AvgIpc) is 3.18. The van der Waals surface area contributed by atoms with E-state index >= 15 is 0 Å². The van der Waals surface area contributed by atoms with Gasteiger partial charge >= 0.3 is 0 Å². The summed E-state index contributed by atoms with van der Waals surface area (Å²) in [6.45, 7) is 0. The van der Waals surface area contributed by atoms with Crippen molar-refractivity contribution in [3.8, 4) is 11.4 Å². The molecular weight excluding hydrogens is 302 g/mol. The summed E-state index contributed by atoms with van der Waals surface area (Å²) >= 11 is 0. The highest BCUT2D eigenvalue weighted by Crippen LogP contribution is 2.33. The van der Waals surface area contributed by atoms with Crippen LogP contribution >= 0.6 is 0 Å². The average molecular weight is 321 g/mol. The van der Waals surface area contributed by atoms with Gasteiger partial charge in [-0.15, -0.1) is 0 Å². The van der Waals surface area contributed by atoms with Crippen LogP contribution in [0.15, 0.2) is 33.7 Å². The van der Waals surface area contributed by atoms with Crippen LogP contribution in [0.25, 0.3) is 11.4 Å². The maximum absolute atomic E-state index is 12.0. The van der Waals surface area contributed by atoms with Crippen molar-refractivity contribution in [3.63, 3.8) is 0 Å². The lowest BCUT2D eigenvalue weighted by Gasteiger charge is -2.11. The van der Waals surface area contributed by atoms with E-state index in [0.717, 1.165) is 18.4 Å². The lowest BCUT2D eigenvalue weighted by molar-refractivity contribution is 0.354. The van der Waals surface area contributed by atoms with Crippen molar-refractivity contribution < 1.29 is 12.9 Å². The van der Waals surface area contributed by atoms with Gasteiger partial charge in [-0.25, -0.2) is 12.7 Å². The topological polar surface area (TPSA) is 76.3 Å². The second kappa shape index (κ2) is 5.81. The molecule has 0 saturated heterocycles. The fraction of sp³-hybridized carbons (Fsp3) is 0.467. The molecule has 0 unspecified atom stereocenters. The number of hydrogen-bond acceptors (Lipinski definition) is 5. The Kier molecular flexibility index (Phi) is 4.01. The molecule has 0 spiro atoms. The van der Waals surface area contributed by atoms with Crippen molar-refractivity contribution in [2.45, 2.75) is 36.5 Å². The van der Waals surface area contributed by atoms with E-state index in [9.17, 15) is 8.42 Å². The third-order valence-electron chi connectivity index (χ3n) is 4.04. The van der Waals surface area contributed by atoms with Gasteiger partial charge in [-0.1, -0.05) is 18.0 Å². The summed E-state index contributed by atoms with van der Waals surface area (Å²) in [7, 11) is -0.394. The Labute approximate surface area is 130 Å². The summed E-state index contributed by atoms with van der Waals surface area (Å²) in [5, 5.41) is 4.01. The highest BCUT2D eigenvalue weighted by molar-refractivity contribution is 7.89. The van der Waals surface area contributed by atoms with Gasteiger partial charge in [0.1, 0.15) is 0 Å². The quantitative estimate of drug-likeness (QED) is 0.865. The summed E-state index contributed by atoms with van der Waals surface area (Å²) in [5.74, 6) is 1.57. The van der Waals surface area contributed by atoms with Crippen molar-refractivity contribution in [2.75, 3.05) is 14.1 Å². The molecule has 1 aromatic carbocycles. The Morgan fingerprint density at radius 1 is 1.14 bits per heavy atom. The zero-order valence-electron chi connectivity index (χ0n) is 12.7. The van der Waals surface area contributed by atoms with Gasteiger partial charge in [-0.05, 0) is 37.1 Å². The Bertz CT molecular complexity index is 745. The van der Waals surface area contributed by atoms with E-state index < -0.39 is 10.0 Å². The largest absolute Gasteiger partial charge is 0.339 e. The molecule has 0 atom stereocenters. The predicted molar refractivity (Wildman–Crippen MR) is 81.8 cm³/mol. The number of rotatable bonds is 4. The van der Waals surface area contributed by atoms with Gasteiger partial charge in [0.25, 0.3) is 0 Å². The summed E-state index contributed by atoms with van der Waals surface area (Å²) in [6.07, 6.45) is 4.61. The molecule has 1 saturated carbocycles. The fourth-order valence-corrected chi connectivity index (χ4v) is 3.58. The molecule has 0 aliphatic heterocycles. The van der Waals surface area contributed by atoms with Crippen molar-refractivity contribution in [3.05, 3.63) is 30.2 Å². The summed E-state index contributed by atoms with van der Waals surface area (Å²) in [6, 6.07) is 6.55. The molecule has 0 N–H and O–H groups in total. The van der Waals surface area contributed by atoms with Gasteiger partial charge in [-0.3, -0.25) is 0 Å². The molecule has 7 heteroatoms. The molecule has 1 heterocycles. The number of sulfonamides is 1. The molecule has 118 valence electrons. The van der Waals surface area contributed by atoms with E-state index in [2.05, 4.69) is 10.1 Å². The molecular formula is C15H19N3O3S. The van der Waals surface area contributed by atoms with Crippen molar-refractivity contribution >= 4 is 10.0 Å². The third-order valence-corrected chi connectivity index (χ3v) is 5.87. The SMILES string of the molecule is CN(C)S(=O)(=O)c1ccc(-c2noc(C3CCCC3)n2)cc1. The van der Waals surface area contributed by atoms with E-state index in [-0.39, 0.29) is 4.90 Å². The maximum Gasteiger partial charge on any atom is 0.242 e. The second-order valence-corrected chi connectivity index (χ2v) is 7.90. The van der Waals surface area contributed by atoms with E-state index in [4.69, 9.17) is 4.52 Å². The number of aromatic nitrogens is 2. The minimum atomic E-state index is -3.41. The molecule has 22 heavy (non-hydrogen) atoms. The van der Waals surface area contributed by atoms with Crippen molar-refractivity contribution in [2.24, 2.45) is 0 Å². The van der Waals surface area contributed by atoms with Crippen molar-refractivity contribution in [1.29, 1.82) is 0 Å². The first-order chi connectivity index (χ1) is 10.5. The van der Waals surface area contributed by atoms with Crippen LogP contribution in [0, 0.1) is 0 Å². The molecule has 1 aromatic heterocycles. The zero-order chi connectivity index (χ0) is 15.7. The molecule has 0 bridgehead atoms. The normalized spacial score (nSPS) is 16.5. The van der Waals surface area contributed by atoms with Crippen LogP contribution in [-0.2, 0) is 10.0 Å². The Balaban J connectivity index is 1.84. The van der Waals surface area contributed by atoms with Gasteiger partial charge in [0.15, 0.2) is 0 Å². The Morgan fingerprint density at radius 2 is 1.77 bits per heavy atom. The number of hydrogen-bond donors (Lipinski definition) is 0. The van der Waals surface area contributed by atoms with E-state index in [1.54, 1.807) is 24.3 Å². The number of nitrogens with zero attached hydrogens (tertiary/aromatic N) is 3. The lowest BCUT2D eigenvalue weighted by atomic mass is 10.1. The zero-order valence-corrected chi connectivity index (χ0v) is 13.5. The van der Waals surface area contributed by atoms with Gasteiger partial charge < -0.3 is 4.52 Å². The molecule has 1 aliphatic rings. The van der Waals surface area contributed by atoms with Gasteiger partial charge in [0.05, 0.1) is 4.90 Å². The lowest BCUT2D eigenvalue weighted by Crippen LogP contribution is -2.22. The molecule has 2 aromatic rings. The van der Waals surface area contributed by atoms with E-state index in [1.165, 1.54) is 31.2 Å².